The molecule has 0 saturated carbocycles. The summed E-state index contributed by atoms with van der Waals surface area (Å²) in [4.78, 5) is 19.5. The molecule has 3 rings (SSSR count). The number of nitrogens with one attached hydrogen (secondary N) is 1. The third-order valence-electron chi connectivity index (χ3n) is 5.25. The maximum absolute atomic E-state index is 12.2. The van der Waals surface area contributed by atoms with E-state index < -0.39 is 0 Å². The molecule has 0 aromatic heterocycles. The van der Waals surface area contributed by atoms with Gasteiger partial charge < -0.3 is 15.1 Å². The summed E-state index contributed by atoms with van der Waals surface area (Å²) in [5.41, 5.74) is 0. The smallest absolute Gasteiger partial charge is 0.223 e. The van der Waals surface area contributed by atoms with Gasteiger partial charge in [-0.25, -0.2) is 0 Å². The molecule has 0 aromatic rings. The third-order valence-corrected chi connectivity index (χ3v) is 5.25. The Kier molecular flexibility index (Phi) is 9.78. The number of piperidine rings is 1. The predicted octanol–water partition coefficient (Wildman–Crippen LogP) is 1.21. The van der Waals surface area contributed by atoms with Crippen LogP contribution in [0.1, 0.15) is 32.1 Å². The summed E-state index contributed by atoms with van der Waals surface area (Å²) in [6.45, 7) is 9.56. The van der Waals surface area contributed by atoms with Crippen LogP contribution in [0.2, 0.25) is 0 Å². The Labute approximate surface area is 152 Å². The number of piperazine rings is 1. The number of hydrogen-bond acceptors (Lipinski definition) is 4. The van der Waals surface area contributed by atoms with Gasteiger partial charge in [0.1, 0.15) is 0 Å². The van der Waals surface area contributed by atoms with Crippen molar-refractivity contribution < 1.29 is 4.79 Å². The lowest BCUT2D eigenvalue weighted by Gasteiger charge is -2.38. The van der Waals surface area contributed by atoms with E-state index >= 15 is 0 Å². The van der Waals surface area contributed by atoms with E-state index in [1.807, 2.05) is 4.90 Å². The predicted molar refractivity (Wildman–Crippen MR) is 98.8 cm³/mol. The van der Waals surface area contributed by atoms with Crippen molar-refractivity contribution in [3.8, 4) is 0 Å². The van der Waals surface area contributed by atoms with E-state index in [1.165, 1.54) is 51.9 Å². The van der Waals surface area contributed by atoms with E-state index in [9.17, 15) is 4.79 Å². The molecule has 1 N–H and O–H groups in total. The average molecular weight is 367 g/mol. The highest BCUT2D eigenvalue weighted by atomic mass is 35.5. The van der Waals surface area contributed by atoms with E-state index in [1.54, 1.807) is 0 Å². The molecule has 1 unspecified atom stereocenters. The summed E-state index contributed by atoms with van der Waals surface area (Å²) in [7, 11) is 0. The quantitative estimate of drug-likeness (QED) is 0.811. The summed E-state index contributed by atoms with van der Waals surface area (Å²) >= 11 is 0. The number of carbonyl (C=O) groups excluding carboxylic acids is 1. The second-order valence-electron chi connectivity index (χ2n) is 6.72. The molecular weight excluding hydrogens is 335 g/mol. The van der Waals surface area contributed by atoms with E-state index in [-0.39, 0.29) is 24.8 Å². The first-order valence-corrected chi connectivity index (χ1v) is 8.78. The number of hydrogen-bond donors (Lipinski definition) is 1. The van der Waals surface area contributed by atoms with Gasteiger partial charge in [0.15, 0.2) is 0 Å². The first kappa shape index (κ1) is 21.0. The van der Waals surface area contributed by atoms with Crippen LogP contribution in [0.4, 0.5) is 0 Å². The van der Waals surface area contributed by atoms with Crippen molar-refractivity contribution >= 4 is 30.7 Å². The maximum atomic E-state index is 12.2. The van der Waals surface area contributed by atoms with Crippen molar-refractivity contribution in [3.05, 3.63) is 0 Å². The normalized spacial score (nSPS) is 26.4. The molecule has 0 aromatic carbocycles. The number of nitrogens with zero attached hydrogens (tertiary/aromatic N) is 3. The van der Waals surface area contributed by atoms with Gasteiger partial charge in [-0.2, -0.15) is 0 Å². The number of rotatable bonds is 4. The highest BCUT2D eigenvalue weighted by Gasteiger charge is 2.27. The van der Waals surface area contributed by atoms with Crippen LogP contribution >= 0.6 is 24.8 Å². The molecule has 1 amide bonds. The standard InChI is InChI=1S/C16H30N4O.2ClH/c21-16(20-12-6-17-7-13-20)5-11-18-8-3-4-15(14-18)19-9-1-2-10-19;;/h15,17H,1-14H2;2*1H. The van der Waals surface area contributed by atoms with Gasteiger partial charge in [0.2, 0.25) is 5.91 Å². The Balaban J connectivity index is 0.00000132. The van der Waals surface area contributed by atoms with Crippen LogP contribution in [-0.2, 0) is 4.79 Å². The van der Waals surface area contributed by atoms with Crippen molar-refractivity contribution in [2.75, 3.05) is 58.9 Å². The largest absolute Gasteiger partial charge is 0.340 e. The summed E-state index contributed by atoms with van der Waals surface area (Å²) in [6, 6.07) is 0.746. The Morgan fingerprint density at radius 3 is 2.35 bits per heavy atom. The molecule has 0 spiro atoms. The van der Waals surface area contributed by atoms with Crippen molar-refractivity contribution in [3.63, 3.8) is 0 Å². The van der Waals surface area contributed by atoms with Crippen LogP contribution < -0.4 is 5.32 Å². The zero-order valence-electron chi connectivity index (χ0n) is 14.0. The summed E-state index contributed by atoms with van der Waals surface area (Å²) in [5, 5.41) is 3.30. The highest BCUT2D eigenvalue weighted by Crippen LogP contribution is 2.20. The van der Waals surface area contributed by atoms with Crippen LogP contribution in [0, 0.1) is 0 Å². The lowest BCUT2D eigenvalue weighted by atomic mass is 10.0. The third kappa shape index (κ3) is 6.05. The molecule has 3 fully saturated rings. The zero-order valence-corrected chi connectivity index (χ0v) is 15.7. The monoisotopic (exact) mass is 366 g/mol. The molecule has 3 aliphatic rings. The first-order chi connectivity index (χ1) is 10.3. The lowest BCUT2D eigenvalue weighted by Crippen LogP contribution is -2.49. The molecule has 23 heavy (non-hydrogen) atoms. The van der Waals surface area contributed by atoms with Gasteiger partial charge in [0.05, 0.1) is 0 Å². The van der Waals surface area contributed by atoms with E-state index in [4.69, 9.17) is 0 Å². The SMILES string of the molecule is Cl.Cl.O=C(CCN1CCCC(N2CCCC2)C1)N1CCNCC1. The van der Waals surface area contributed by atoms with E-state index in [2.05, 4.69) is 15.1 Å². The molecule has 0 aliphatic carbocycles. The first-order valence-electron chi connectivity index (χ1n) is 8.78. The molecule has 7 heteroatoms. The Morgan fingerprint density at radius 2 is 1.65 bits per heavy atom. The average Bonchev–Trinajstić information content (AvgIpc) is 3.08. The van der Waals surface area contributed by atoms with Crippen LogP contribution in [0.15, 0.2) is 0 Å². The fourth-order valence-corrected chi connectivity index (χ4v) is 3.97. The van der Waals surface area contributed by atoms with Gasteiger partial charge in [0.25, 0.3) is 0 Å². The molecule has 1 atom stereocenters. The van der Waals surface area contributed by atoms with Gasteiger partial charge >= 0.3 is 0 Å². The van der Waals surface area contributed by atoms with Gasteiger partial charge in [-0.15, -0.1) is 24.8 Å². The Hall–Kier alpha value is -0.0700. The zero-order chi connectivity index (χ0) is 14.5. The summed E-state index contributed by atoms with van der Waals surface area (Å²) in [6.07, 6.45) is 6.09. The van der Waals surface area contributed by atoms with Crippen LogP contribution in [-0.4, -0.2) is 85.6 Å². The molecule has 0 bridgehead atoms. The fraction of sp³-hybridized carbons (Fsp3) is 0.938. The fourth-order valence-electron chi connectivity index (χ4n) is 3.97. The summed E-state index contributed by atoms with van der Waals surface area (Å²) < 4.78 is 0. The van der Waals surface area contributed by atoms with Gasteiger partial charge in [-0.3, -0.25) is 9.69 Å². The highest BCUT2D eigenvalue weighted by molar-refractivity contribution is 5.85. The maximum Gasteiger partial charge on any atom is 0.223 e. The molecule has 5 nitrogen and oxygen atoms in total. The lowest BCUT2D eigenvalue weighted by molar-refractivity contribution is -0.132. The Morgan fingerprint density at radius 1 is 0.957 bits per heavy atom. The number of amides is 1. The van der Waals surface area contributed by atoms with E-state index in [0.29, 0.717) is 12.3 Å². The van der Waals surface area contributed by atoms with Crippen LogP contribution in [0.3, 0.4) is 0 Å². The minimum atomic E-state index is 0. The number of halogens is 2. The van der Waals surface area contributed by atoms with Crippen molar-refractivity contribution in [1.29, 1.82) is 0 Å². The second kappa shape index (κ2) is 10.7. The summed E-state index contributed by atoms with van der Waals surface area (Å²) in [5.74, 6) is 0.347. The van der Waals surface area contributed by atoms with Crippen LogP contribution in [0.25, 0.3) is 0 Å². The van der Waals surface area contributed by atoms with Crippen molar-refractivity contribution in [2.24, 2.45) is 0 Å². The number of carbonyl (C=O) groups is 1. The van der Waals surface area contributed by atoms with Crippen molar-refractivity contribution in [1.82, 2.24) is 20.0 Å². The topological polar surface area (TPSA) is 38.8 Å². The van der Waals surface area contributed by atoms with Gasteiger partial charge in [0, 0.05) is 51.7 Å². The number of likely N-dealkylation sites (tertiary alicyclic amines) is 2. The van der Waals surface area contributed by atoms with Crippen molar-refractivity contribution in [2.45, 2.75) is 38.1 Å². The molecule has 3 heterocycles. The molecular formula is C16H32Cl2N4O. The van der Waals surface area contributed by atoms with Crippen LogP contribution in [0.5, 0.6) is 0 Å². The molecule has 3 aliphatic heterocycles. The van der Waals surface area contributed by atoms with E-state index in [0.717, 1.165) is 38.8 Å². The Bertz CT molecular complexity index is 347. The minimum Gasteiger partial charge on any atom is -0.340 e. The second-order valence-corrected chi connectivity index (χ2v) is 6.72. The molecule has 0 radical (unpaired) electrons. The minimum absolute atomic E-state index is 0. The van der Waals surface area contributed by atoms with Gasteiger partial charge in [-0.1, -0.05) is 0 Å². The molecule has 136 valence electrons. The van der Waals surface area contributed by atoms with Gasteiger partial charge in [-0.05, 0) is 45.3 Å². The molecule has 3 saturated heterocycles.